The lowest BCUT2D eigenvalue weighted by molar-refractivity contribution is 0.0450. The van der Waals surface area contributed by atoms with Gasteiger partial charge in [0, 0.05) is 0 Å². The number of allylic oxidation sites excluding steroid dienone is 4. The van der Waals surface area contributed by atoms with Gasteiger partial charge in [0.05, 0.1) is 24.3 Å². The van der Waals surface area contributed by atoms with Crippen LogP contribution in [0.4, 0.5) is 0 Å². The number of benzene rings is 1. The Balaban J connectivity index is 2.42. The molecule has 1 rings (SSSR count). The maximum absolute atomic E-state index is 12.9. The van der Waals surface area contributed by atoms with Gasteiger partial charge in [-0.15, -0.1) is 0 Å². The molecule has 0 radical (unpaired) electrons. The molecule has 262 valence electrons. The average molecular weight is 663 g/mol. The van der Waals surface area contributed by atoms with Crippen LogP contribution in [0.15, 0.2) is 47.4 Å². The lowest BCUT2D eigenvalue weighted by atomic mass is 10.1. The fourth-order valence-electron chi connectivity index (χ4n) is 5.27. The summed E-state index contributed by atoms with van der Waals surface area (Å²) in [6.45, 7) is 4.64. The van der Waals surface area contributed by atoms with Gasteiger partial charge in [0.2, 0.25) is 0 Å². The Labute approximate surface area is 280 Å². The molecular weight excluding hydrogens is 600 g/mol. The number of carbonyl (C=O) groups excluding carboxylic acids is 2. The summed E-state index contributed by atoms with van der Waals surface area (Å²) in [5.41, 5.74) is -0.735. The molecule has 0 aliphatic heterocycles. The summed E-state index contributed by atoms with van der Waals surface area (Å²) in [7, 11) is -4.77. The van der Waals surface area contributed by atoms with Gasteiger partial charge < -0.3 is 9.47 Å². The molecule has 0 heterocycles. The van der Waals surface area contributed by atoms with E-state index in [4.69, 9.17) is 9.47 Å². The van der Waals surface area contributed by atoms with Crippen molar-refractivity contribution in [2.45, 2.75) is 160 Å². The summed E-state index contributed by atoms with van der Waals surface area (Å²) < 4.78 is 44.4. The number of rotatable bonds is 29. The van der Waals surface area contributed by atoms with E-state index in [1.54, 1.807) is 0 Å². The first kappa shape index (κ1) is 41.6. The number of hydrogen-bond donors (Lipinski definition) is 1. The van der Waals surface area contributed by atoms with Crippen LogP contribution >= 0.6 is 0 Å². The molecule has 1 aromatic rings. The highest BCUT2D eigenvalue weighted by molar-refractivity contribution is 7.86. The molecule has 46 heavy (non-hydrogen) atoms. The smallest absolute Gasteiger partial charge is 0.340 e. The molecular formula is C38H62O7S. The second-order valence-electron chi connectivity index (χ2n) is 12.2. The van der Waals surface area contributed by atoms with Gasteiger partial charge in [0.15, 0.2) is 0 Å². The second kappa shape index (κ2) is 27.6. The predicted molar refractivity (Wildman–Crippen MR) is 188 cm³/mol. The van der Waals surface area contributed by atoms with Crippen molar-refractivity contribution in [3.63, 3.8) is 0 Å². The Morgan fingerprint density at radius 1 is 0.587 bits per heavy atom. The fraction of sp³-hybridized carbons (Fsp3) is 0.684. The highest BCUT2D eigenvalue weighted by atomic mass is 32.2. The standard InChI is InChI=1S/C38H62O7S/c1-3-5-7-9-11-13-15-17-19-21-23-25-27-32-44-37(39)34-30-29-31-35(46(41,42)43)36(34)38(40)45-33-28-26-24-22-20-18-16-14-12-10-8-6-4-2/h21-24,29-31H,3-20,25-28,32-33H2,1-2H3,(H,41,42,43)/b23-21+,24-22+. The van der Waals surface area contributed by atoms with Crippen LogP contribution in [-0.4, -0.2) is 38.1 Å². The van der Waals surface area contributed by atoms with Gasteiger partial charge in [-0.05, 0) is 63.5 Å². The van der Waals surface area contributed by atoms with E-state index in [9.17, 15) is 22.6 Å². The van der Waals surface area contributed by atoms with Gasteiger partial charge in [-0.2, -0.15) is 8.42 Å². The van der Waals surface area contributed by atoms with E-state index in [0.717, 1.165) is 25.3 Å². The number of unbranched alkanes of at least 4 members (excludes halogenated alkanes) is 18. The van der Waals surface area contributed by atoms with Crippen LogP contribution in [0.25, 0.3) is 0 Å². The monoisotopic (exact) mass is 662 g/mol. The van der Waals surface area contributed by atoms with Crippen molar-refractivity contribution >= 4 is 22.1 Å². The minimum Gasteiger partial charge on any atom is -0.462 e. The molecule has 0 aliphatic rings. The lowest BCUT2D eigenvalue weighted by Crippen LogP contribution is -2.19. The summed E-state index contributed by atoms with van der Waals surface area (Å²) in [6.07, 6.45) is 33.7. The summed E-state index contributed by atoms with van der Waals surface area (Å²) in [6, 6.07) is 3.68. The first-order valence-electron chi connectivity index (χ1n) is 18.1. The third kappa shape index (κ3) is 20.6. The molecule has 0 aliphatic carbocycles. The Morgan fingerprint density at radius 3 is 1.41 bits per heavy atom. The zero-order valence-electron chi connectivity index (χ0n) is 28.8. The van der Waals surface area contributed by atoms with Crippen LogP contribution in [-0.2, 0) is 19.6 Å². The third-order valence-corrected chi connectivity index (χ3v) is 8.90. The summed E-state index contributed by atoms with van der Waals surface area (Å²) in [4.78, 5) is 25.1. The molecule has 0 atom stereocenters. The van der Waals surface area contributed by atoms with Crippen LogP contribution < -0.4 is 0 Å². The molecule has 7 nitrogen and oxygen atoms in total. The van der Waals surface area contributed by atoms with Crippen molar-refractivity contribution in [2.24, 2.45) is 0 Å². The van der Waals surface area contributed by atoms with E-state index < -0.39 is 32.5 Å². The molecule has 0 saturated heterocycles. The summed E-state index contributed by atoms with van der Waals surface area (Å²) >= 11 is 0. The third-order valence-electron chi connectivity index (χ3n) is 8.01. The van der Waals surface area contributed by atoms with Crippen LogP contribution in [0, 0.1) is 0 Å². The Bertz CT molecular complexity index is 1110. The van der Waals surface area contributed by atoms with Crippen molar-refractivity contribution in [1.82, 2.24) is 0 Å². The van der Waals surface area contributed by atoms with E-state index in [1.807, 2.05) is 0 Å². The van der Waals surface area contributed by atoms with Crippen LogP contribution in [0.3, 0.4) is 0 Å². The molecule has 1 aromatic carbocycles. The van der Waals surface area contributed by atoms with Crippen molar-refractivity contribution in [3.05, 3.63) is 53.6 Å². The largest absolute Gasteiger partial charge is 0.462 e. The van der Waals surface area contributed by atoms with E-state index in [2.05, 4.69) is 38.2 Å². The molecule has 0 amide bonds. The van der Waals surface area contributed by atoms with Crippen molar-refractivity contribution < 1.29 is 32.0 Å². The highest BCUT2D eigenvalue weighted by Gasteiger charge is 2.28. The Morgan fingerprint density at radius 2 is 0.978 bits per heavy atom. The van der Waals surface area contributed by atoms with Crippen LogP contribution in [0.5, 0.6) is 0 Å². The number of ether oxygens (including phenoxy) is 2. The molecule has 0 unspecified atom stereocenters. The van der Waals surface area contributed by atoms with Gasteiger partial charge in [0.25, 0.3) is 10.1 Å². The average Bonchev–Trinajstić information content (AvgIpc) is 3.04. The predicted octanol–water partition coefficient (Wildman–Crippen LogP) is 11.0. The van der Waals surface area contributed by atoms with E-state index in [1.165, 1.54) is 115 Å². The zero-order valence-corrected chi connectivity index (χ0v) is 29.6. The molecule has 1 N–H and O–H groups in total. The van der Waals surface area contributed by atoms with Gasteiger partial charge in [-0.3, -0.25) is 4.55 Å². The lowest BCUT2D eigenvalue weighted by Gasteiger charge is -2.12. The second-order valence-corrected chi connectivity index (χ2v) is 13.6. The Kier molecular flexibility index (Phi) is 25.0. The van der Waals surface area contributed by atoms with Gasteiger partial charge in [0.1, 0.15) is 4.90 Å². The molecule has 0 bridgehead atoms. The number of carbonyl (C=O) groups is 2. The number of hydrogen-bond acceptors (Lipinski definition) is 6. The van der Waals surface area contributed by atoms with Gasteiger partial charge in [-0.1, -0.05) is 134 Å². The summed E-state index contributed by atoms with van der Waals surface area (Å²) in [5, 5.41) is 0. The molecule has 8 heteroatoms. The molecule has 0 spiro atoms. The first-order valence-corrected chi connectivity index (χ1v) is 19.5. The maximum atomic E-state index is 12.9. The minimum absolute atomic E-state index is 0.0561. The van der Waals surface area contributed by atoms with Gasteiger partial charge >= 0.3 is 11.9 Å². The van der Waals surface area contributed by atoms with Crippen LogP contribution in [0.1, 0.15) is 176 Å². The Hall–Kier alpha value is -2.45. The maximum Gasteiger partial charge on any atom is 0.340 e. The van der Waals surface area contributed by atoms with Crippen molar-refractivity contribution in [2.75, 3.05) is 13.2 Å². The molecule has 0 fully saturated rings. The summed E-state index contributed by atoms with van der Waals surface area (Å²) in [5.74, 6) is -1.81. The minimum atomic E-state index is -4.77. The van der Waals surface area contributed by atoms with E-state index in [-0.39, 0.29) is 18.8 Å². The van der Waals surface area contributed by atoms with E-state index >= 15 is 0 Å². The highest BCUT2D eigenvalue weighted by Crippen LogP contribution is 2.22. The quantitative estimate of drug-likeness (QED) is 0.0393. The SMILES string of the molecule is CCCCCCCCCC/C=C/CCCOC(=O)c1cccc(S(=O)(=O)O)c1C(=O)OCCC/C=C/CCCCCCCCCC. The van der Waals surface area contributed by atoms with Crippen LogP contribution in [0.2, 0.25) is 0 Å². The first-order chi connectivity index (χ1) is 22.3. The van der Waals surface area contributed by atoms with Crippen molar-refractivity contribution in [1.29, 1.82) is 0 Å². The van der Waals surface area contributed by atoms with E-state index in [0.29, 0.717) is 19.3 Å². The molecule has 0 saturated carbocycles. The molecule has 0 aromatic heterocycles. The topological polar surface area (TPSA) is 107 Å². The normalized spacial score (nSPS) is 11.9. The zero-order chi connectivity index (χ0) is 33.7. The van der Waals surface area contributed by atoms with Crippen molar-refractivity contribution in [3.8, 4) is 0 Å². The number of esters is 2. The fourth-order valence-corrected chi connectivity index (χ4v) is 5.97. The van der Waals surface area contributed by atoms with Gasteiger partial charge in [-0.25, -0.2) is 9.59 Å².